The molecule has 0 bridgehead atoms. The first-order valence-electron chi connectivity index (χ1n) is 13.2. The van der Waals surface area contributed by atoms with Gasteiger partial charge in [-0.15, -0.1) is 0 Å². The van der Waals surface area contributed by atoms with E-state index >= 15 is 0 Å². The van der Waals surface area contributed by atoms with Crippen molar-refractivity contribution in [3.8, 4) is 16.9 Å². The SMILES string of the molecule is COc1ccc(-c2cnc(C(=O)N[C@H](C(=O)O)C(C)OC(C)(C)C)c(NC(=O)Nc3c(C)cc(C)cc3C)c2)cc1. The Labute approximate surface area is 240 Å². The largest absolute Gasteiger partial charge is 0.497 e. The fraction of sp³-hybridized carbons (Fsp3) is 0.355. The predicted molar refractivity (Wildman–Crippen MR) is 159 cm³/mol. The van der Waals surface area contributed by atoms with E-state index in [-0.39, 0.29) is 11.4 Å². The van der Waals surface area contributed by atoms with E-state index in [9.17, 15) is 19.5 Å². The third kappa shape index (κ3) is 8.28. The van der Waals surface area contributed by atoms with Crippen LogP contribution in [0.5, 0.6) is 5.75 Å². The number of hydrogen-bond acceptors (Lipinski definition) is 6. The van der Waals surface area contributed by atoms with Crippen LogP contribution >= 0.6 is 0 Å². The van der Waals surface area contributed by atoms with Crippen LogP contribution in [0.3, 0.4) is 0 Å². The third-order valence-corrected chi connectivity index (χ3v) is 6.25. The van der Waals surface area contributed by atoms with Crippen LogP contribution in [-0.2, 0) is 9.53 Å². The normalized spacial score (nSPS) is 12.7. The highest BCUT2D eigenvalue weighted by atomic mass is 16.5. The molecule has 1 aromatic heterocycles. The number of aryl methyl sites for hydroxylation is 3. The van der Waals surface area contributed by atoms with E-state index in [1.807, 2.05) is 45.0 Å². The molecule has 3 rings (SSSR count). The number of aliphatic carboxylic acids is 1. The molecule has 0 saturated carbocycles. The Morgan fingerprint density at radius 2 is 1.54 bits per heavy atom. The molecule has 2 atom stereocenters. The lowest BCUT2D eigenvalue weighted by atomic mass is 10.1. The molecule has 0 aliphatic rings. The summed E-state index contributed by atoms with van der Waals surface area (Å²) >= 11 is 0. The molecule has 0 aliphatic heterocycles. The number of carboxylic acid groups (broad SMARTS) is 1. The summed E-state index contributed by atoms with van der Waals surface area (Å²) in [6.45, 7) is 12.7. The van der Waals surface area contributed by atoms with Gasteiger partial charge in [-0.2, -0.15) is 0 Å². The van der Waals surface area contributed by atoms with Crippen molar-refractivity contribution in [3.05, 3.63) is 71.0 Å². The Bertz CT molecular complexity index is 1410. The highest BCUT2D eigenvalue weighted by Crippen LogP contribution is 2.27. The molecule has 2 aromatic carbocycles. The lowest BCUT2D eigenvalue weighted by Crippen LogP contribution is -2.50. The first kappa shape index (κ1) is 31.1. The van der Waals surface area contributed by atoms with E-state index in [1.165, 1.54) is 6.20 Å². The maximum Gasteiger partial charge on any atom is 0.328 e. The molecule has 3 amide bonds. The maximum atomic E-state index is 13.4. The molecule has 41 heavy (non-hydrogen) atoms. The molecule has 10 nitrogen and oxygen atoms in total. The van der Waals surface area contributed by atoms with E-state index in [0.29, 0.717) is 17.0 Å². The Balaban J connectivity index is 1.97. The van der Waals surface area contributed by atoms with Crippen molar-refractivity contribution in [2.45, 2.75) is 66.2 Å². The molecule has 1 unspecified atom stereocenters. The first-order valence-corrected chi connectivity index (χ1v) is 13.2. The number of nitrogens with one attached hydrogen (secondary N) is 3. The molecule has 3 aromatic rings. The highest BCUT2D eigenvalue weighted by molar-refractivity contribution is 6.07. The zero-order chi connectivity index (χ0) is 30.5. The Kier molecular flexibility index (Phi) is 9.72. The summed E-state index contributed by atoms with van der Waals surface area (Å²) < 4.78 is 11.0. The lowest BCUT2D eigenvalue weighted by Gasteiger charge is -2.29. The molecule has 4 N–H and O–H groups in total. The molecule has 0 aliphatic carbocycles. The summed E-state index contributed by atoms with van der Waals surface area (Å²) in [6.07, 6.45) is 0.640. The van der Waals surface area contributed by atoms with Crippen LogP contribution in [0.15, 0.2) is 48.7 Å². The van der Waals surface area contributed by atoms with Crippen LogP contribution in [0.1, 0.15) is 54.9 Å². The van der Waals surface area contributed by atoms with Gasteiger partial charge in [0.05, 0.1) is 24.5 Å². The van der Waals surface area contributed by atoms with E-state index in [4.69, 9.17) is 9.47 Å². The summed E-state index contributed by atoms with van der Waals surface area (Å²) in [5.74, 6) is -1.37. The minimum atomic E-state index is -1.36. The minimum Gasteiger partial charge on any atom is -0.497 e. The maximum absolute atomic E-state index is 13.4. The number of rotatable bonds is 9. The van der Waals surface area contributed by atoms with Gasteiger partial charge in [0.2, 0.25) is 0 Å². The fourth-order valence-electron chi connectivity index (χ4n) is 4.54. The number of nitrogens with zero attached hydrogens (tertiary/aromatic N) is 1. The summed E-state index contributed by atoms with van der Waals surface area (Å²) in [7, 11) is 1.57. The number of ether oxygens (including phenoxy) is 2. The number of benzene rings is 2. The van der Waals surface area contributed by atoms with Crippen molar-refractivity contribution in [2.75, 3.05) is 17.7 Å². The number of pyridine rings is 1. The topological polar surface area (TPSA) is 139 Å². The zero-order valence-electron chi connectivity index (χ0n) is 24.7. The van der Waals surface area contributed by atoms with Crippen LogP contribution < -0.4 is 20.7 Å². The van der Waals surface area contributed by atoms with Gasteiger partial charge in [-0.3, -0.25) is 4.79 Å². The van der Waals surface area contributed by atoms with Gasteiger partial charge in [-0.25, -0.2) is 14.6 Å². The molecule has 0 radical (unpaired) electrons. The number of aromatic nitrogens is 1. The molecule has 10 heteroatoms. The predicted octanol–water partition coefficient (Wildman–Crippen LogP) is 5.71. The van der Waals surface area contributed by atoms with Crippen molar-refractivity contribution in [2.24, 2.45) is 0 Å². The van der Waals surface area contributed by atoms with E-state index < -0.39 is 35.7 Å². The lowest BCUT2D eigenvalue weighted by molar-refractivity contribution is -0.146. The number of carbonyl (C=O) groups is 3. The standard InChI is InChI=1S/C31H38N4O6/c1-17-13-18(2)25(19(3)14-17)35-30(39)33-24-15-22(21-9-11-23(40-8)12-10-21)16-32-27(24)28(36)34-26(29(37)38)20(4)41-31(5,6)7/h9-16,20,26H,1-8H3,(H,34,36)(H,37,38)(H2,33,35,39)/t20?,26-/m0/s1. The van der Waals surface area contributed by atoms with Gasteiger partial charge in [0.1, 0.15) is 5.75 Å². The van der Waals surface area contributed by atoms with Crippen LogP contribution in [0.25, 0.3) is 11.1 Å². The van der Waals surface area contributed by atoms with Gasteiger partial charge in [-0.1, -0.05) is 29.8 Å². The number of hydrogen-bond donors (Lipinski definition) is 4. The molecule has 218 valence electrons. The van der Waals surface area contributed by atoms with Crippen molar-refractivity contribution in [1.29, 1.82) is 0 Å². The number of methoxy groups -OCH3 is 1. The van der Waals surface area contributed by atoms with Crippen molar-refractivity contribution in [3.63, 3.8) is 0 Å². The molecule has 0 spiro atoms. The van der Waals surface area contributed by atoms with Gasteiger partial charge < -0.3 is 30.5 Å². The molecule has 0 fully saturated rings. The molecular weight excluding hydrogens is 524 g/mol. The minimum absolute atomic E-state index is 0.101. The third-order valence-electron chi connectivity index (χ3n) is 6.25. The number of urea groups is 1. The quantitative estimate of drug-likeness (QED) is 0.262. The number of amides is 3. The van der Waals surface area contributed by atoms with Crippen LogP contribution in [0.4, 0.5) is 16.2 Å². The monoisotopic (exact) mass is 562 g/mol. The summed E-state index contributed by atoms with van der Waals surface area (Å²) in [5, 5.41) is 17.9. The second-order valence-corrected chi connectivity index (χ2v) is 10.9. The number of carboxylic acids is 1. The van der Waals surface area contributed by atoms with Gasteiger partial charge >= 0.3 is 12.0 Å². The van der Waals surface area contributed by atoms with Crippen molar-refractivity contribution in [1.82, 2.24) is 10.3 Å². The van der Waals surface area contributed by atoms with Gasteiger partial charge in [0.15, 0.2) is 11.7 Å². The second-order valence-electron chi connectivity index (χ2n) is 10.9. The molecule has 1 heterocycles. The molecular formula is C31H38N4O6. The van der Waals surface area contributed by atoms with Crippen molar-refractivity contribution < 1.29 is 29.0 Å². The number of carbonyl (C=O) groups excluding carboxylic acids is 2. The Morgan fingerprint density at radius 3 is 2.07 bits per heavy atom. The number of anilines is 2. The zero-order valence-corrected chi connectivity index (χ0v) is 24.7. The van der Waals surface area contributed by atoms with E-state index in [0.717, 1.165) is 22.3 Å². The Hall–Kier alpha value is -4.44. The summed E-state index contributed by atoms with van der Waals surface area (Å²) in [6, 6.07) is 10.8. The average Bonchev–Trinajstić information content (AvgIpc) is 2.88. The summed E-state index contributed by atoms with van der Waals surface area (Å²) in [5.41, 5.74) is 4.21. The molecule has 0 saturated heterocycles. The van der Waals surface area contributed by atoms with Crippen molar-refractivity contribution >= 4 is 29.3 Å². The van der Waals surface area contributed by atoms with E-state index in [2.05, 4.69) is 20.9 Å². The van der Waals surface area contributed by atoms with Crippen LogP contribution in [0.2, 0.25) is 0 Å². The smallest absolute Gasteiger partial charge is 0.328 e. The van der Waals surface area contributed by atoms with Crippen LogP contribution in [-0.4, -0.2) is 52.9 Å². The highest BCUT2D eigenvalue weighted by Gasteiger charge is 2.32. The van der Waals surface area contributed by atoms with E-state index in [1.54, 1.807) is 53.0 Å². The van der Waals surface area contributed by atoms with Gasteiger partial charge in [0.25, 0.3) is 5.91 Å². The fourth-order valence-corrected chi connectivity index (χ4v) is 4.54. The second kappa shape index (κ2) is 12.8. The summed E-state index contributed by atoms with van der Waals surface area (Å²) in [4.78, 5) is 42.9. The van der Waals surface area contributed by atoms with Gasteiger partial charge in [0, 0.05) is 17.4 Å². The van der Waals surface area contributed by atoms with Crippen LogP contribution in [0, 0.1) is 20.8 Å². The van der Waals surface area contributed by atoms with Gasteiger partial charge in [-0.05, 0) is 83.4 Å². The first-order chi connectivity index (χ1) is 19.2. The average molecular weight is 563 g/mol. The Morgan fingerprint density at radius 1 is 0.927 bits per heavy atom.